The fraction of sp³-hybridized carbons (Fsp3) is 0.944. The highest BCUT2D eigenvalue weighted by molar-refractivity contribution is 5.56. The highest BCUT2D eigenvalue weighted by atomic mass is 16.5. The minimum atomic E-state index is -0.182. The van der Waals surface area contributed by atoms with Crippen molar-refractivity contribution in [1.82, 2.24) is 0 Å². The lowest BCUT2D eigenvalue weighted by atomic mass is 9.68. The van der Waals surface area contributed by atoms with E-state index in [1.165, 1.54) is 44.8 Å². The molecule has 0 bridgehead atoms. The monoisotopic (exact) mass is 282 g/mol. The van der Waals surface area contributed by atoms with E-state index >= 15 is 0 Å². The number of aldehydes is 1. The summed E-state index contributed by atoms with van der Waals surface area (Å²) in [7, 11) is 1.80. The molecule has 0 spiro atoms. The van der Waals surface area contributed by atoms with Crippen LogP contribution in [0.15, 0.2) is 0 Å². The SMILES string of the molecule is COC1(C(C=O)CCCCCC(C)C)CCCCC1C. The van der Waals surface area contributed by atoms with Crippen LogP contribution in [-0.2, 0) is 9.53 Å². The van der Waals surface area contributed by atoms with Crippen molar-refractivity contribution in [1.29, 1.82) is 0 Å². The van der Waals surface area contributed by atoms with Gasteiger partial charge in [-0.3, -0.25) is 0 Å². The number of carbonyl (C=O) groups is 1. The van der Waals surface area contributed by atoms with Gasteiger partial charge in [-0.15, -0.1) is 0 Å². The van der Waals surface area contributed by atoms with Crippen molar-refractivity contribution < 1.29 is 9.53 Å². The third-order valence-electron chi connectivity index (χ3n) is 5.26. The Labute approximate surface area is 125 Å². The molecular weight excluding hydrogens is 248 g/mol. The zero-order valence-corrected chi connectivity index (χ0v) is 14.0. The van der Waals surface area contributed by atoms with Crippen LogP contribution in [0.25, 0.3) is 0 Å². The van der Waals surface area contributed by atoms with Gasteiger partial charge in [0.2, 0.25) is 0 Å². The number of ether oxygens (including phenoxy) is 1. The standard InChI is InChI=1S/C18H34O2/c1-15(2)10-6-5-7-12-17(14-19)18(20-4)13-9-8-11-16(18)3/h14-17H,5-13H2,1-4H3. The third kappa shape index (κ3) is 4.58. The van der Waals surface area contributed by atoms with Crippen molar-refractivity contribution >= 4 is 6.29 Å². The van der Waals surface area contributed by atoms with Gasteiger partial charge >= 0.3 is 0 Å². The first kappa shape index (κ1) is 17.7. The van der Waals surface area contributed by atoms with Crippen molar-refractivity contribution in [2.24, 2.45) is 17.8 Å². The van der Waals surface area contributed by atoms with Crippen molar-refractivity contribution in [2.45, 2.75) is 84.2 Å². The molecule has 20 heavy (non-hydrogen) atoms. The van der Waals surface area contributed by atoms with Crippen LogP contribution in [0.3, 0.4) is 0 Å². The second kappa shape index (κ2) is 8.81. The van der Waals surface area contributed by atoms with E-state index in [0.717, 1.165) is 25.2 Å². The molecule has 0 radical (unpaired) electrons. The summed E-state index contributed by atoms with van der Waals surface area (Å²) in [6, 6.07) is 0. The van der Waals surface area contributed by atoms with Gasteiger partial charge in [0, 0.05) is 13.0 Å². The average Bonchev–Trinajstić information content (AvgIpc) is 2.44. The highest BCUT2D eigenvalue weighted by Crippen LogP contribution is 2.42. The number of unbranched alkanes of at least 4 members (excludes halogenated alkanes) is 2. The molecule has 0 aromatic heterocycles. The smallest absolute Gasteiger partial charge is 0.125 e. The van der Waals surface area contributed by atoms with Gasteiger partial charge in [-0.1, -0.05) is 59.3 Å². The minimum Gasteiger partial charge on any atom is -0.377 e. The molecule has 2 nitrogen and oxygen atoms in total. The molecule has 3 unspecified atom stereocenters. The lowest BCUT2D eigenvalue weighted by Gasteiger charge is -2.45. The quantitative estimate of drug-likeness (QED) is 0.439. The Hall–Kier alpha value is -0.370. The molecule has 1 saturated carbocycles. The highest BCUT2D eigenvalue weighted by Gasteiger charge is 2.44. The Kier molecular flexibility index (Phi) is 7.79. The Morgan fingerprint density at radius 3 is 2.45 bits per heavy atom. The van der Waals surface area contributed by atoms with Crippen LogP contribution in [0.4, 0.5) is 0 Å². The largest absolute Gasteiger partial charge is 0.377 e. The molecule has 0 aliphatic heterocycles. The van der Waals surface area contributed by atoms with Crippen LogP contribution in [0.5, 0.6) is 0 Å². The molecule has 0 N–H and O–H groups in total. The van der Waals surface area contributed by atoms with Gasteiger partial charge in [0.05, 0.1) is 5.60 Å². The lowest BCUT2D eigenvalue weighted by molar-refractivity contribution is -0.141. The summed E-state index contributed by atoms with van der Waals surface area (Å²) in [5.41, 5.74) is -0.182. The van der Waals surface area contributed by atoms with Crippen molar-refractivity contribution in [2.75, 3.05) is 7.11 Å². The maximum absolute atomic E-state index is 11.6. The van der Waals surface area contributed by atoms with Gasteiger partial charge in [0.15, 0.2) is 0 Å². The Bertz CT molecular complexity index is 275. The molecule has 0 heterocycles. The summed E-state index contributed by atoms with van der Waals surface area (Å²) < 4.78 is 5.91. The number of hydrogen-bond acceptors (Lipinski definition) is 2. The Morgan fingerprint density at radius 1 is 1.20 bits per heavy atom. The van der Waals surface area contributed by atoms with E-state index in [-0.39, 0.29) is 11.5 Å². The topological polar surface area (TPSA) is 26.3 Å². The van der Waals surface area contributed by atoms with Crippen molar-refractivity contribution in [3.63, 3.8) is 0 Å². The third-order valence-corrected chi connectivity index (χ3v) is 5.26. The van der Waals surface area contributed by atoms with E-state index in [9.17, 15) is 4.79 Å². The van der Waals surface area contributed by atoms with Crippen molar-refractivity contribution in [3.05, 3.63) is 0 Å². The second-order valence-electron chi connectivity index (χ2n) is 7.08. The van der Waals surface area contributed by atoms with Gasteiger partial charge < -0.3 is 9.53 Å². The molecule has 0 saturated heterocycles. The summed E-state index contributed by atoms with van der Waals surface area (Å²) in [6.07, 6.45) is 11.9. The maximum Gasteiger partial charge on any atom is 0.125 e. The number of rotatable bonds is 9. The minimum absolute atomic E-state index is 0.0850. The lowest BCUT2D eigenvalue weighted by Crippen LogP contribution is -2.48. The number of hydrogen-bond donors (Lipinski definition) is 0. The summed E-state index contributed by atoms with van der Waals surface area (Å²) in [4.78, 5) is 11.6. The molecule has 3 atom stereocenters. The van der Waals surface area contributed by atoms with E-state index < -0.39 is 0 Å². The van der Waals surface area contributed by atoms with Crippen LogP contribution in [0.1, 0.15) is 78.6 Å². The van der Waals surface area contributed by atoms with E-state index in [0.29, 0.717) is 5.92 Å². The summed E-state index contributed by atoms with van der Waals surface area (Å²) >= 11 is 0. The predicted molar refractivity (Wildman–Crippen MR) is 84.8 cm³/mol. The zero-order valence-electron chi connectivity index (χ0n) is 14.0. The molecule has 1 rings (SSSR count). The molecule has 0 amide bonds. The number of carbonyl (C=O) groups excluding carboxylic acids is 1. The van der Waals surface area contributed by atoms with Crippen LogP contribution in [0.2, 0.25) is 0 Å². The maximum atomic E-state index is 11.6. The van der Waals surface area contributed by atoms with Crippen molar-refractivity contribution in [3.8, 4) is 0 Å². The second-order valence-corrected chi connectivity index (χ2v) is 7.08. The van der Waals surface area contributed by atoms with E-state index in [4.69, 9.17) is 4.74 Å². The number of methoxy groups -OCH3 is 1. The van der Waals surface area contributed by atoms with Crippen LogP contribution in [0, 0.1) is 17.8 Å². The molecule has 0 aromatic rings. The molecular formula is C18H34O2. The van der Waals surface area contributed by atoms with Gasteiger partial charge in [0.1, 0.15) is 6.29 Å². The molecule has 118 valence electrons. The Balaban J connectivity index is 2.48. The van der Waals surface area contributed by atoms with Crippen LogP contribution >= 0.6 is 0 Å². The first-order valence-corrected chi connectivity index (χ1v) is 8.57. The van der Waals surface area contributed by atoms with Gasteiger partial charge in [-0.25, -0.2) is 0 Å². The van der Waals surface area contributed by atoms with E-state index in [1.807, 2.05) is 0 Å². The average molecular weight is 282 g/mol. The first-order chi connectivity index (χ1) is 9.56. The van der Waals surface area contributed by atoms with E-state index in [2.05, 4.69) is 20.8 Å². The molecule has 0 aromatic carbocycles. The predicted octanol–water partition coefficient (Wildman–Crippen LogP) is 5.00. The van der Waals surface area contributed by atoms with Gasteiger partial charge in [-0.05, 0) is 31.1 Å². The van der Waals surface area contributed by atoms with Gasteiger partial charge in [-0.2, -0.15) is 0 Å². The molecule has 1 aliphatic carbocycles. The fourth-order valence-corrected chi connectivity index (χ4v) is 3.87. The van der Waals surface area contributed by atoms with E-state index in [1.54, 1.807) is 7.11 Å². The fourth-order valence-electron chi connectivity index (χ4n) is 3.87. The Morgan fingerprint density at radius 2 is 1.90 bits per heavy atom. The molecule has 1 aliphatic rings. The van der Waals surface area contributed by atoms with Gasteiger partial charge in [0.25, 0.3) is 0 Å². The first-order valence-electron chi connectivity index (χ1n) is 8.57. The zero-order chi connectivity index (χ0) is 15.0. The molecule has 1 fully saturated rings. The summed E-state index contributed by atoms with van der Waals surface area (Å²) in [5, 5.41) is 0. The normalized spacial score (nSPS) is 28.6. The molecule has 2 heteroatoms. The summed E-state index contributed by atoms with van der Waals surface area (Å²) in [6.45, 7) is 6.81. The summed E-state index contributed by atoms with van der Waals surface area (Å²) in [5.74, 6) is 1.38. The van der Waals surface area contributed by atoms with Crippen LogP contribution < -0.4 is 0 Å². The van der Waals surface area contributed by atoms with Crippen LogP contribution in [-0.4, -0.2) is 19.0 Å².